The van der Waals surface area contributed by atoms with Crippen molar-refractivity contribution in [3.63, 3.8) is 0 Å². The van der Waals surface area contributed by atoms with Gasteiger partial charge in [0.05, 0.1) is 6.61 Å². The number of ketones is 1. The van der Waals surface area contributed by atoms with Crippen molar-refractivity contribution in [1.29, 1.82) is 0 Å². The Morgan fingerprint density at radius 1 is 0.721 bits per heavy atom. The lowest BCUT2D eigenvalue weighted by atomic mass is 9.97. The van der Waals surface area contributed by atoms with Gasteiger partial charge in [0.25, 0.3) is 0 Å². The van der Waals surface area contributed by atoms with Gasteiger partial charge in [-0.15, -0.1) is 0 Å². The van der Waals surface area contributed by atoms with Gasteiger partial charge in [0.15, 0.2) is 18.0 Å². The zero-order valence-electron chi connectivity index (χ0n) is 24.2. The van der Waals surface area contributed by atoms with Crippen LogP contribution in [-0.4, -0.2) is 76.0 Å². The van der Waals surface area contributed by atoms with Crippen molar-refractivity contribution in [2.45, 2.75) is 37.5 Å². The summed E-state index contributed by atoms with van der Waals surface area (Å²) in [6, 6.07) is 32.9. The van der Waals surface area contributed by atoms with Gasteiger partial charge >= 0.3 is 11.9 Å². The Morgan fingerprint density at radius 3 is 1.81 bits per heavy atom. The summed E-state index contributed by atoms with van der Waals surface area (Å²) in [5, 5.41) is 34.8. The molecule has 0 aliphatic heterocycles. The summed E-state index contributed by atoms with van der Waals surface area (Å²) in [6.45, 7) is 0.633. The molecule has 0 amide bonds. The van der Waals surface area contributed by atoms with Crippen molar-refractivity contribution in [3.05, 3.63) is 114 Å². The van der Waals surface area contributed by atoms with Crippen LogP contribution < -0.4 is 4.74 Å². The monoisotopic (exact) mass is 587 g/mol. The molecule has 43 heavy (non-hydrogen) atoms. The van der Waals surface area contributed by atoms with Gasteiger partial charge in [0, 0.05) is 29.8 Å². The minimum Gasteiger partial charge on any atom is -0.493 e. The summed E-state index contributed by atoms with van der Waals surface area (Å²) < 4.78 is 6.28. The van der Waals surface area contributed by atoms with Crippen LogP contribution in [0.2, 0.25) is 0 Å². The predicted octanol–water partition coefficient (Wildman–Crippen LogP) is 4.60. The molecule has 0 spiro atoms. The molecule has 0 bridgehead atoms. The number of hydrogen-bond donors (Lipinski definition) is 4. The minimum absolute atomic E-state index is 0.177. The number of carbonyl (C=O) groups is 3. The average molecular weight is 588 g/mol. The molecule has 4 aromatic rings. The number of carbonyl (C=O) groups excluding carboxylic acids is 1. The van der Waals surface area contributed by atoms with Crippen LogP contribution in [0.4, 0.5) is 0 Å². The lowest BCUT2D eigenvalue weighted by Crippen LogP contribution is -2.39. The molecule has 9 nitrogen and oxygen atoms in total. The maximum absolute atomic E-state index is 12.6. The molecule has 0 aromatic heterocycles. The Hall–Kier alpha value is -4.57. The van der Waals surface area contributed by atoms with E-state index in [1.165, 1.54) is 11.1 Å². The van der Waals surface area contributed by atoms with E-state index < -0.39 is 24.1 Å². The number of Topliss-reactive ketones (excluding diaryl/α,β-unsaturated/α-hetero) is 1. The number of aliphatic hydroxyl groups is 2. The lowest BCUT2D eigenvalue weighted by Gasteiger charge is -2.25. The molecule has 0 aliphatic carbocycles. The Kier molecular flexibility index (Phi) is 12.4. The van der Waals surface area contributed by atoms with E-state index in [9.17, 15) is 14.4 Å². The van der Waals surface area contributed by atoms with Gasteiger partial charge < -0.3 is 30.1 Å². The zero-order valence-corrected chi connectivity index (χ0v) is 24.2. The number of ether oxygens (including phenoxy) is 1. The first-order valence-corrected chi connectivity index (χ1v) is 13.8. The maximum atomic E-state index is 12.6. The van der Waals surface area contributed by atoms with Crippen LogP contribution in [0.15, 0.2) is 97.1 Å². The largest absolute Gasteiger partial charge is 0.493 e. The van der Waals surface area contributed by atoms with Gasteiger partial charge in [-0.05, 0) is 43.1 Å². The standard InChI is InChI=1S/C30H31NO2.C4H6O6/c1-31(2)28(24-11-5-3-6-12-24)21-22-33-30-20-18-23(26-15-9-10-16-27(26)30)17-19-29(32)25-13-7-4-8-14-25;5-1(3(7)8)2(6)4(9)10/h3-16,18,20,28H,17,19,21-22H2,1-2H3;1-2,5-6H,(H,7,8)(H,9,10)/t28-;1-,2-/m00/s1. The average Bonchev–Trinajstić information content (AvgIpc) is 3.02. The molecule has 0 fully saturated rings. The van der Waals surface area contributed by atoms with E-state index in [1.807, 2.05) is 48.5 Å². The molecule has 4 rings (SSSR count). The van der Waals surface area contributed by atoms with Crippen LogP contribution in [-0.2, 0) is 16.0 Å². The molecule has 226 valence electrons. The zero-order chi connectivity index (χ0) is 31.4. The molecule has 4 aromatic carbocycles. The van der Waals surface area contributed by atoms with E-state index in [2.05, 4.69) is 67.5 Å². The summed E-state index contributed by atoms with van der Waals surface area (Å²) in [5.41, 5.74) is 3.25. The second kappa shape index (κ2) is 16.2. The van der Waals surface area contributed by atoms with Gasteiger partial charge in [0.1, 0.15) is 5.75 Å². The van der Waals surface area contributed by atoms with E-state index in [0.717, 1.165) is 28.5 Å². The second-order valence-electron chi connectivity index (χ2n) is 10.2. The lowest BCUT2D eigenvalue weighted by molar-refractivity contribution is -0.165. The molecule has 4 N–H and O–H groups in total. The van der Waals surface area contributed by atoms with Crippen LogP contribution in [0.25, 0.3) is 10.8 Å². The van der Waals surface area contributed by atoms with E-state index in [1.54, 1.807) is 0 Å². The van der Waals surface area contributed by atoms with E-state index >= 15 is 0 Å². The third-order valence-electron chi connectivity index (χ3n) is 6.95. The number of benzene rings is 4. The van der Waals surface area contributed by atoms with Crippen LogP contribution >= 0.6 is 0 Å². The topological polar surface area (TPSA) is 145 Å². The van der Waals surface area contributed by atoms with Gasteiger partial charge in [-0.1, -0.05) is 91.0 Å². The van der Waals surface area contributed by atoms with Crippen molar-refractivity contribution in [1.82, 2.24) is 4.90 Å². The number of aryl methyl sites for hydroxylation is 1. The minimum atomic E-state index is -2.27. The fourth-order valence-electron chi connectivity index (χ4n) is 4.64. The van der Waals surface area contributed by atoms with Crippen molar-refractivity contribution in [3.8, 4) is 5.75 Å². The Balaban J connectivity index is 0.000000436. The highest BCUT2D eigenvalue weighted by Crippen LogP contribution is 2.30. The second-order valence-corrected chi connectivity index (χ2v) is 10.2. The SMILES string of the molecule is CN(C)[C@@H](CCOc1ccc(CCC(=O)c2ccccc2)c2ccccc12)c1ccccc1.O=C(O)[C@@H](O)[C@H](O)C(=O)O. The van der Waals surface area contributed by atoms with Gasteiger partial charge in [-0.25, -0.2) is 9.59 Å². The normalized spacial score (nSPS) is 13.0. The van der Waals surface area contributed by atoms with Crippen molar-refractivity contribution in [2.24, 2.45) is 0 Å². The third-order valence-corrected chi connectivity index (χ3v) is 6.95. The number of rotatable bonds is 13. The van der Waals surface area contributed by atoms with Crippen LogP contribution in [0, 0.1) is 0 Å². The van der Waals surface area contributed by atoms with Gasteiger partial charge in [-0.2, -0.15) is 0 Å². The molecule has 9 heteroatoms. The highest BCUT2D eigenvalue weighted by molar-refractivity contribution is 5.97. The summed E-state index contributed by atoms with van der Waals surface area (Å²) in [5.74, 6) is -2.46. The number of aliphatic carboxylic acids is 2. The summed E-state index contributed by atoms with van der Waals surface area (Å²) in [7, 11) is 4.22. The summed E-state index contributed by atoms with van der Waals surface area (Å²) in [4.78, 5) is 34.4. The molecule has 3 atom stereocenters. The molecule has 0 unspecified atom stereocenters. The number of carboxylic acids is 2. The first kappa shape index (κ1) is 32.9. The number of aliphatic hydroxyl groups excluding tert-OH is 2. The highest BCUT2D eigenvalue weighted by Gasteiger charge is 2.29. The fourth-order valence-corrected chi connectivity index (χ4v) is 4.64. The quantitative estimate of drug-likeness (QED) is 0.165. The molecule has 0 saturated heterocycles. The van der Waals surface area contributed by atoms with Gasteiger partial charge in [0.2, 0.25) is 0 Å². The molecule has 0 heterocycles. The van der Waals surface area contributed by atoms with E-state index in [4.69, 9.17) is 25.2 Å². The molecular formula is C34H37NO8. The Morgan fingerprint density at radius 2 is 1.26 bits per heavy atom. The van der Waals surface area contributed by atoms with Crippen molar-refractivity contribution >= 4 is 28.5 Å². The van der Waals surface area contributed by atoms with E-state index in [-0.39, 0.29) is 5.78 Å². The fraction of sp³-hybridized carbons (Fsp3) is 0.265. The summed E-state index contributed by atoms with van der Waals surface area (Å²) >= 11 is 0. The van der Waals surface area contributed by atoms with Crippen molar-refractivity contribution < 1.29 is 39.5 Å². The van der Waals surface area contributed by atoms with Crippen molar-refractivity contribution in [2.75, 3.05) is 20.7 Å². The molecule has 0 saturated carbocycles. The Bertz CT molecular complexity index is 1470. The molecule has 0 aliphatic rings. The first-order valence-electron chi connectivity index (χ1n) is 13.8. The molecule has 0 radical (unpaired) electrons. The smallest absolute Gasteiger partial charge is 0.335 e. The van der Waals surface area contributed by atoms with E-state index in [0.29, 0.717) is 25.5 Å². The number of fused-ring (bicyclic) bond motifs is 1. The van der Waals surface area contributed by atoms with Crippen LogP contribution in [0.3, 0.4) is 0 Å². The maximum Gasteiger partial charge on any atom is 0.335 e. The summed E-state index contributed by atoms with van der Waals surface area (Å²) in [6.07, 6.45) is -2.42. The number of carboxylic acid groups (broad SMARTS) is 2. The molecular weight excluding hydrogens is 550 g/mol. The highest BCUT2D eigenvalue weighted by atomic mass is 16.5. The van der Waals surface area contributed by atoms with Gasteiger partial charge in [-0.3, -0.25) is 4.79 Å². The first-order chi connectivity index (χ1) is 20.6. The third kappa shape index (κ3) is 9.47. The number of hydrogen-bond acceptors (Lipinski definition) is 7. The predicted molar refractivity (Wildman–Crippen MR) is 163 cm³/mol. The van der Waals surface area contributed by atoms with Crippen LogP contribution in [0.1, 0.15) is 40.4 Å². The Labute approximate surface area is 250 Å². The number of nitrogens with zero attached hydrogens (tertiary/aromatic N) is 1. The van der Waals surface area contributed by atoms with Crippen LogP contribution in [0.5, 0.6) is 5.75 Å².